The molecule has 0 aromatic heterocycles. The van der Waals surface area contributed by atoms with E-state index in [4.69, 9.17) is 4.74 Å². The molecule has 1 aromatic carbocycles. The topological polar surface area (TPSA) is 21.3 Å². The van der Waals surface area contributed by atoms with Crippen LogP contribution < -0.4 is 5.32 Å². The Bertz CT molecular complexity index is 478. The van der Waals surface area contributed by atoms with E-state index in [1.165, 1.54) is 11.1 Å². The van der Waals surface area contributed by atoms with E-state index in [1.54, 1.807) is 0 Å². The summed E-state index contributed by atoms with van der Waals surface area (Å²) in [5.41, 5.74) is 2.75. The molecule has 0 amide bonds. The van der Waals surface area contributed by atoms with E-state index >= 15 is 0 Å². The molecule has 1 fully saturated rings. The molecule has 1 heterocycles. The van der Waals surface area contributed by atoms with Gasteiger partial charge in [-0.15, -0.1) is 0 Å². The van der Waals surface area contributed by atoms with Crippen molar-refractivity contribution in [3.8, 4) is 0 Å². The predicted molar refractivity (Wildman–Crippen MR) is 89.6 cm³/mol. The monoisotopic (exact) mass is 289 g/mol. The summed E-state index contributed by atoms with van der Waals surface area (Å²) in [5.74, 6) is 0.486. The Hall–Kier alpha value is -0.860. The fourth-order valence-electron chi connectivity index (χ4n) is 3.97. The number of aryl methyl sites for hydroxylation is 1. The number of hydrogen-bond donors (Lipinski definition) is 1. The maximum Gasteiger partial charge on any atom is 0.0681 e. The van der Waals surface area contributed by atoms with Crippen LogP contribution in [0.2, 0.25) is 0 Å². The highest BCUT2D eigenvalue weighted by Gasteiger charge is 2.49. The molecule has 2 unspecified atom stereocenters. The molecule has 2 nitrogen and oxygen atoms in total. The molecule has 1 N–H and O–H groups in total. The van der Waals surface area contributed by atoms with Gasteiger partial charge in [0.25, 0.3) is 0 Å². The highest BCUT2D eigenvalue weighted by molar-refractivity contribution is 5.31. The lowest BCUT2D eigenvalue weighted by Crippen LogP contribution is -2.38. The third-order valence-corrected chi connectivity index (χ3v) is 4.74. The lowest BCUT2D eigenvalue weighted by molar-refractivity contribution is -0.0778. The van der Waals surface area contributed by atoms with E-state index in [1.807, 2.05) is 0 Å². The first-order chi connectivity index (χ1) is 9.80. The van der Waals surface area contributed by atoms with Gasteiger partial charge >= 0.3 is 0 Å². The summed E-state index contributed by atoms with van der Waals surface area (Å²) in [4.78, 5) is 0. The first kappa shape index (κ1) is 16.5. The Labute approximate surface area is 130 Å². The predicted octanol–water partition coefficient (Wildman–Crippen LogP) is 4.49. The molecule has 1 saturated heterocycles. The molecule has 2 atom stereocenters. The summed E-state index contributed by atoms with van der Waals surface area (Å²) in [6, 6.07) is 9.21. The minimum Gasteiger partial charge on any atom is -0.369 e. The van der Waals surface area contributed by atoms with Gasteiger partial charge in [0.2, 0.25) is 0 Å². The normalized spacial score (nSPS) is 25.0. The fourth-order valence-corrected chi connectivity index (χ4v) is 3.97. The van der Waals surface area contributed by atoms with Gasteiger partial charge in [-0.25, -0.2) is 0 Å². The molecule has 0 spiro atoms. The van der Waals surface area contributed by atoms with Crippen molar-refractivity contribution < 1.29 is 4.74 Å². The van der Waals surface area contributed by atoms with Crippen LogP contribution in [0.4, 0.5) is 0 Å². The standard InChI is InChI=1S/C19H31NO/c1-7-14-11-9-10-12-15(14)17(20-8-2)16-13-18(3,4)21-19(16,5)6/h9-12,16-17,20H,7-8,13H2,1-6H3. The van der Waals surface area contributed by atoms with Gasteiger partial charge in [0.15, 0.2) is 0 Å². The van der Waals surface area contributed by atoms with Crippen LogP contribution in [0, 0.1) is 5.92 Å². The molecular weight excluding hydrogens is 258 g/mol. The highest BCUT2D eigenvalue weighted by atomic mass is 16.5. The van der Waals surface area contributed by atoms with Crippen molar-refractivity contribution in [1.29, 1.82) is 0 Å². The highest BCUT2D eigenvalue weighted by Crippen LogP contribution is 2.48. The van der Waals surface area contributed by atoms with Crippen molar-refractivity contribution in [2.45, 2.75) is 71.6 Å². The second-order valence-electron chi connectivity index (χ2n) is 7.36. The number of benzene rings is 1. The molecule has 2 rings (SSSR count). The summed E-state index contributed by atoms with van der Waals surface area (Å²) >= 11 is 0. The molecule has 0 radical (unpaired) electrons. The van der Waals surface area contributed by atoms with Crippen LogP contribution in [-0.4, -0.2) is 17.7 Å². The number of hydrogen-bond acceptors (Lipinski definition) is 2. The Morgan fingerprint density at radius 1 is 1.19 bits per heavy atom. The Balaban J connectivity index is 2.39. The van der Waals surface area contributed by atoms with E-state index < -0.39 is 0 Å². The third kappa shape index (κ3) is 3.49. The van der Waals surface area contributed by atoms with Gasteiger partial charge in [-0.1, -0.05) is 38.1 Å². The molecular formula is C19H31NO. The Morgan fingerprint density at radius 2 is 1.86 bits per heavy atom. The van der Waals surface area contributed by atoms with Gasteiger partial charge in [0.1, 0.15) is 0 Å². The van der Waals surface area contributed by atoms with Crippen molar-refractivity contribution in [2.75, 3.05) is 6.54 Å². The molecule has 1 aliphatic heterocycles. The van der Waals surface area contributed by atoms with Gasteiger partial charge in [-0.3, -0.25) is 0 Å². The Kier molecular flexibility index (Phi) is 4.79. The zero-order chi connectivity index (χ0) is 15.7. The largest absolute Gasteiger partial charge is 0.369 e. The lowest BCUT2D eigenvalue weighted by atomic mass is 9.77. The molecule has 1 aromatic rings. The first-order valence-corrected chi connectivity index (χ1v) is 8.32. The number of rotatable bonds is 5. The molecule has 0 bridgehead atoms. The molecule has 0 aliphatic carbocycles. The van der Waals surface area contributed by atoms with Crippen LogP contribution >= 0.6 is 0 Å². The van der Waals surface area contributed by atoms with Crippen LogP contribution in [0.25, 0.3) is 0 Å². The Morgan fingerprint density at radius 3 is 2.38 bits per heavy atom. The zero-order valence-electron chi connectivity index (χ0n) is 14.5. The molecule has 21 heavy (non-hydrogen) atoms. The molecule has 1 aliphatic rings. The maximum atomic E-state index is 6.33. The van der Waals surface area contributed by atoms with Gasteiger partial charge in [-0.05, 0) is 58.2 Å². The van der Waals surface area contributed by atoms with Crippen molar-refractivity contribution >= 4 is 0 Å². The smallest absolute Gasteiger partial charge is 0.0681 e. The lowest BCUT2D eigenvalue weighted by Gasteiger charge is -2.34. The summed E-state index contributed by atoms with van der Waals surface area (Å²) in [6.07, 6.45) is 2.17. The van der Waals surface area contributed by atoms with Crippen LogP contribution in [0.1, 0.15) is 65.1 Å². The van der Waals surface area contributed by atoms with Crippen molar-refractivity contribution in [3.63, 3.8) is 0 Å². The average Bonchev–Trinajstić information content (AvgIpc) is 2.64. The zero-order valence-corrected chi connectivity index (χ0v) is 14.5. The number of ether oxygens (including phenoxy) is 1. The van der Waals surface area contributed by atoms with Gasteiger partial charge in [-0.2, -0.15) is 0 Å². The minimum atomic E-state index is -0.100. The maximum absolute atomic E-state index is 6.33. The third-order valence-electron chi connectivity index (χ3n) is 4.74. The van der Waals surface area contributed by atoms with E-state index in [2.05, 4.69) is 71.1 Å². The second-order valence-corrected chi connectivity index (χ2v) is 7.36. The average molecular weight is 289 g/mol. The minimum absolute atomic E-state index is 0.0387. The summed E-state index contributed by atoms with van der Waals surface area (Å²) in [6.45, 7) is 14.3. The number of nitrogens with one attached hydrogen (secondary N) is 1. The van der Waals surface area contributed by atoms with Gasteiger partial charge < -0.3 is 10.1 Å². The summed E-state index contributed by atoms with van der Waals surface area (Å²) in [7, 11) is 0. The van der Waals surface area contributed by atoms with Crippen LogP contribution in [-0.2, 0) is 11.2 Å². The molecule has 2 heteroatoms. The summed E-state index contributed by atoms with van der Waals surface area (Å²) in [5, 5.41) is 3.73. The van der Waals surface area contributed by atoms with Crippen molar-refractivity contribution in [3.05, 3.63) is 35.4 Å². The first-order valence-electron chi connectivity index (χ1n) is 8.32. The van der Waals surface area contributed by atoms with Gasteiger partial charge in [0, 0.05) is 12.0 Å². The van der Waals surface area contributed by atoms with Crippen LogP contribution in [0.15, 0.2) is 24.3 Å². The SMILES string of the molecule is CCNC(c1ccccc1CC)C1CC(C)(C)OC1(C)C. The van der Waals surface area contributed by atoms with Gasteiger partial charge in [0.05, 0.1) is 11.2 Å². The van der Waals surface area contributed by atoms with E-state index in [9.17, 15) is 0 Å². The second kappa shape index (κ2) is 6.10. The van der Waals surface area contributed by atoms with E-state index in [0.29, 0.717) is 12.0 Å². The van der Waals surface area contributed by atoms with E-state index in [0.717, 1.165) is 19.4 Å². The summed E-state index contributed by atoms with van der Waals surface area (Å²) < 4.78 is 6.33. The quantitative estimate of drug-likeness (QED) is 0.862. The van der Waals surface area contributed by atoms with Crippen LogP contribution in [0.5, 0.6) is 0 Å². The van der Waals surface area contributed by atoms with Crippen molar-refractivity contribution in [1.82, 2.24) is 5.32 Å². The fraction of sp³-hybridized carbons (Fsp3) is 0.684. The van der Waals surface area contributed by atoms with Crippen molar-refractivity contribution in [2.24, 2.45) is 5.92 Å². The molecule has 0 saturated carbocycles. The molecule has 118 valence electrons. The van der Waals surface area contributed by atoms with E-state index in [-0.39, 0.29) is 11.2 Å². The van der Waals surface area contributed by atoms with Crippen LogP contribution in [0.3, 0.4) is 0 Å².